The van der Waals surface area contributed by atoms with Crippen LogP contribution in [-0.4, -0.2) is 43.7 Å². The van der Waals surface area contributed by atoms with E-state index in [2.05, 4.69) is 17.3 Å². The van der Waals surface area contributed by atoms with Crippen LogP contribution in [0, 0.1) is 6.92 Å². The predicted octanol–water partition coefficient (Wildman–Crippen LogP) is 3.16. The first-order valence-corrected chi connectivity index (χ1v) is 9.49. The summed E-state index contributed by atoms with van der Waals surface area (Å²) in [5.74, 6) is 1.50. The largest absolute Gasteiger partial charge is 0.490 e. The zero-order chi connectivity index (χ0) is 19.1. The van der Waals surface area contributed by atoms with Crippen LogP contribution in [0.25, 0.3) is 0 Å². The molecule has 2 aromatic rings. The van der Waals surface area contributed by atoms with E-state index in [-0.39, 0.29) is 12.5 Å². The van der Waals surface area contributed by atoms with Gasteiger partial charge in [-0.1, -0.05) is 30.3 Å². The zero-order valence-corrected chi connectivity index (χ0v) is 16.1. The molecule has 0 saturated carbocycles. The molecule has 1 heterocycles. The highest BCUT2D eigenvalue weighted by atomic mass is 16.5. The Hall–Kier alpha value is -2.53. The molecule has 1 saturated heterocycles. The van der Waals surface area contributed by atoms with E-state index in [1.54, 1.807) is 0 Å². The van der Waals surface area contributed by atoms with Gasteiger partial charge < -0.3 is 19.7 Å². The molecule has 0 atom stereocenters. The molecule has 144 valence electrons. The molecule has 1 amide bonds. The van der Waals surface area contributed by atoms with E-state index in [0.717, 1.165) is 48.6 Å². The molecule has 2 aromatic carbocycles. The molecule has 1 N–H and O–H groups in total. The van der Waals surface area contributed by atoms with Crippen LogP contribution >= 0.6 is 0 Å². The Kier molecular flexibility index (Phi) is 6.71. The molecule has 0 radical (unpaired) electrons. The molecule has 0 unspecified atom stereocenters. The first-order valence-electron chi connectivity index (χ1n) is 9.49. The van der Waals surface area contributed by atoms with E-state index < -0.39 is 0 Å². The Balaban J connectivity index is 1.40. The average molecular weight is 368 g/mol. The third-order valence-electron chi connectivity index (χ3n) is 4.83. The highest BCUT2D eigenvalue weighted by molar-refractivity contribution is 5.77. The Morgan fingerprint density at radius 2 is 1.81 bits per heavy atom. The number of ether oxygens (including phenoxy) is 2. The lowest BCUT2D eigenvalue weighted by Gasteiger charge is -2.29. The quantitative estimate of drug-likeness (QED) is 0.816. The number of amides is 1. The summed E-state index contributed by atoms with van der Waals surface area (Å²) in [7, 11) is 2.14. The lowest BCUT2D eigenvalue weighted by molar-refractivity contribution is -0.123. The first kappa shape index (κ1) is 19.2. The number of likely N-dealkylation sites (tertiary alicyclic amines) is 1. The van der Waals surface area contributed by atoms with Crippen molar-refractivity contribution in [3.63, 3.8) is 0 Å². The fraction of sp³-hybridized carbons (Fsp3) is 0.409. The van der Waals surface area contributed by atoms with E-state index in [4.69, 9.17) is 9.47 Å². The van der Waals surface area contributed by atoms with Crippen LogP contribution in [0.3, 0.4) is 0 Å². The Labute approximate surface area is 161 Å². The SMILES string of the molecule is Cc1ccccc1OCC(=O)NCc1ccc(OC2CCN(C)CC2)cc1. The van der Waals surface area contributed by atoms with Crippen LogP contribution in [0.15, 0.2) is 48.5 Å². The van der Waals surface area contributed by atoms with Gasteiger partial charge in [0.1, 0.15) is 17.6 Å². The van der Waals surface area contributed by atoms with Crippen molar-refractivity contribution >= 4 is 5.91 Å². The molecule has 0 spiro atoms. The van der Waals surface area contributed by atoms with Gasteiger partial charge in [0, 0.05) is 19.6 Å². The van der Waals surface area contributed by atoms with Crippen molar-refractivity contribution in [3.05, 3.63) is 59.7 Å². The van der Waals surface area contributed by atoms with Gasteiger partial charge >= 0.3 is 0 Å². The maximum atomic E-state index is 12.0. The summed E-state index contributed by atoms with van der Waals surface area (Å²) in [6.07, 6.45) is 2.43. The van der Waals surface area contributed by atoms with Crippen molar-refractivity contribution in [3.8, 4) is 11.5 Å². The van der Waals surface area contributed by atoms with Gasteiger partial charge in [-0.25, -0.2) is 0 Å². The summed E-state index contributed by atoms with van der Waals surface area (Å²) >= 11 is 0. The van der Waals surface area contributed by atoms with Crippen LogP contribution in [0.2, 0.25) is 0 Å². The summed E-state index contributed by atoms with van der Waals surface area (Å²) in [5.41, 5.74) is 2.06. The fourth-order valence-electron chi connectivity index (χ4n) is 3.09. The Morgan fingerprint density at radius 1 is 1.11 bits per heavy atom. The topological polar surface area (TPSA) is 50.8 Å². The van der Waals surface area contributed by atoms with Crippen molar-refractivity contribution in [2.45, 2.75) is 32.4 Å². The normalized spacial score (nSPS) is 15.3. The third-order valence-corrected chi connectivity index (χ3v) is 4.83. The lowest BCUT2D eigenvalue weighted by Crippen LogP contribution is -2.35. The lowest BCUT2D eigenvalue weighted by atomic mass is 10.1. The molecule has 1 fully saturated rings. The van der Waals surface area contributed by atoms with Crippen LogP contribution < -0.4 is 14.8 Å². The van der Waals surface area contributed by atoms with Gasteiger partial charge in [-0.3, -0.25) is 4.79 Å². The summed E-state index contributed by atoms with van der Waals surface area (Å²) in [6.45, 7) is 4.62. The molecule has 1 aliphatic rings. The number of nitrogens with zero attached hydrogens (tertiary/aromatic N) is 1. The minimum Gasteiger partial charge on any atom is -0.490 e. The number of carbonyl (C=O) groups excluding carboxylic acids is 1. The van der Waals surface area contributed by atoms with Gasteiger partial charge in [0.25, 0.3) is 5.91 Å². The van der Waals surface area contributed by atoms with Gasteiger partial charge in [-0.15, -0.1) is 0 Å². The second-order valence-electron chi connectivity index (χ2n) is 7.10. The van der Waals surface area contributed by atoms with E-state index in [0.29, 0.717) is 12.6 Å². The van der Waals surface area contributed by atoms with Crippen molar-refractivity contribution in [1.82, 2.24) is 10.2 Å². The predicted molar refractivity (Wildman–Crippen MR) is 106 cm³/mol. The standard InChI is InChI=1S/C22H28N2O3/c1-17-5-3-4-6-21(17)26-16-22(25)23-15-18-7-9-19(10-8-18)27-20-11-13-24(2)14-12-20/h3-10,20H,11-16H2,1-2H3,(H,23,25). The van der Waals surface area contributed by atoms with Crippen LogP contribution in [0.5, 0.6) is 11.5 Å². The second kappa shape index (κ2) is 9.42. The minimum atomic E-state index is -0.134. The molecular weight excluding hydrogens is 340 g/mol. The van der Waals surface area contributed by atoms with Gasteiger partial charge in [-0.05, 0) is 56.1 Å². The first-order chi connectivity index (χ1) is 13.1. The number of hydrogen-bond donors (Lipinski definition) is 1. The maximum Gasteiger partial charge on any atom is 0.258 e. The minimum absolute atomic E-state index is 0.0160. The van der Waals surface area contributed by atoms with Crippen molar-refractivity contribution < 1.29 is 14.3 Å². The van der Waals surface area contributed by atoms with Crippen LogP contribution in [0.1, 0.15) is 24.0 Å². The molecule has 1 aliphatic heterocycles. The number of benzene rings is 2. The van der Waals surface area contributed by atoms with Gasteiger partial charge in [-0.2, -0.15) is 0 Å². The monoisotopic (exact) mass is 368 g/mol. The molecule has 27 heavy (non-hydrogen) atoms. The maximum absolute atomic E-state index is 12.0. The Bertz CT molecular complexity index is 737. The number of carbonyl (C=O) groups is 1. The number of piperidine rings is 1. The van der Waals surface area contributed by atoms with Gasteiger partial charge in [0.15, 0.2) is 6.61 Å². The smallest absolute Gasteiger partial charge is 0.258 e. The van der Waals surface area contributed by atoms with Crippen molar-refractivity contribution in [2.24, 2.45) is 0 Å². The molecule has 5 nitrogen and oxygen atoms in total. The third kappa shape index (κ3) is 6.00. The van der Waals surface area contributed by atoms with E-state index >= 15 is 0 Å². The number of aryl methyl sites for hydroxylation is 1. The van der Waals surface area contributed by atoms with Gasteiger partial charge in [0.05, 0.1) is 0 Å². The molecular formula is C22H28N2O3. The summed E-state index contributed by atoms with van der Waals surface area (Å²) in [4.78, 5) is 14.3. The van der Waals surface area contributed by atoms with E-state index in [1.807, 2.05) is 55.5 Å². The molecule has 0 bridgehead atoms. The fourth-order valence-corrected chi connectivity index (χ4v) is 3.09. The summed E-state index contributed by atoms with van der Waals surface area (Å²) in [5, 5.41) is 2.88. The van der Waals surface area contributed by atoms with Gasteiger partial charge in [0.2, 0.25) is 0 Å². The van der Waals surface area contributed by atoms with Crippen molar-refractivity contribution in [2.75, 3.05) is 26.7 Å². The zero-order valence-electron chi connectivity index (χ0n) is 16.1. The summed E-state index contributed by atoms with van der Waals surface area (Å²) in [6, 6.07) is 15.6. The molecule has 3 rings (SSSR count). The van der Waals surface area contributed by atoms with Crippen LogP contribution in [0.4, 0.5) is 0 Å². The van der Waals surface area contributed by atoms with Crippen LogP contribution in [-0.2, 0) is 11.3 Å². The van der Waals surface area contributed by atoms with E-state index in [1.165, 1.54) is 0 Å². The van der Waals surface area contributed by atoms with Crippen molar-refractivity contribution in [1.29, 1.82) is 0 Å². The highest BCUT2D eigenvalue weighted by Gasteiger charge is 2.17. The highest BCUT2D eigenvalue weighted by Crippen LogP contribution is 2.19. The molecule has 5 heteroatoms. The summed E-state index contributed by atoms with van der Waals surface area (Å²) < 4.78 is 11.6. The molecule has 0 aromatic heterocycles. The average Bonchev–Trinajstić information content (AvgIpc) is 2.68. The number of hydrogen-bond acceptors (Lipinski definition) is 4. The second-order valence-corrected chi connectivity index (χ2v) is 7.10. The Morgan fingerprint density at radius 3 is 2.52 bits per heavy atom. The van der Waals surface area contributed by atoms with E-state index in [9.17, 15) is 4.79 Å². The molecule has 0 aliphatic carbocycles. The number of rotatable bonds is 7. The number of para-hydroxylation sites is 1. The number of nitrogens with one attached hydrogen (secondary N) is 1.